The van der Waals surface area contributed by atoms with E-state index in [1.807, 2.05) is 13.8 Å². The Morgan fingerprint density at radius 3 is 2.68 bits per heavy atom. The Morgan fingerprint density at radius 1 is 1.32 bits per heavy atom. The largest absolute Gasteiger partial charge is 0.493 e. The number of halogens is 2. The van der Waals surface area contributed by atoms with Crippen LogP contribution < -0.4 is 14.2 Å². The number of rotatable bonds is 6. The fraction of sp³-hybridized carbons (Fsp3) is 0.381. The van der Waals surface area contributed by atoms with Gasteiger partial charge in [0.2, 0.25) is 0 Å². The number of fused-ring (bicyclic) bond motifs is 1. The van der Waals surface area contributed by atoms with Gasteiger partial charge in [-0.05, 0) is 50.6 Å². The second kappa shape index (κ2) is 7.62. The lowest BCUT2D eigenvalue weighted by Crippen LogP contribution is -2.25. The molecule has 7 heteroatoms. The van der Waals surface area contributed by atoms with Crippen LogP contribution in [-0.2, 0) is 17.8 Å². The van der Waals surface area contributed by atoms with Crippen molar-refractivity contribution >= 4 is 21.9 Å². The summed E-state index contributed by atoms with van der Waals surface area (Å²) in [4.78, 5) is 11.3. The lowest BCUT2D eigenvalue weighted by Gasteiger charge is -2.19. The molecule has 28 heavy (non-hydrogen) atoms. The zero-order valence-corrected chi connectivity index (χ0v) is 17.7. The molecule has 3 rings (SSSR count). The standard InChI is InChI=1S/C21H22BrFO5/c1-11(20(24)25)15-7-17(26-4)18(8-16(15)22)27-10-13-6-14(23)5-12-9-21(2,3)28-19(12)13/h5-8,11H,9-10H2,1-4H3,(H,24,25). The van der Waals surface area contributed by atoms with Crippen LogP contribution >= 0.6 is 15.9 Å². The summed E-state index contributed by atoms with van der Waals surface area (Å²) in [6.45, 7) is 5.60. The number of methoxy groups -OCH3 is 1. The third kappa shape index (κ3) is 4.09. The molecule has 150 valence electrons. The SMILES string of the molecule is COc1cc(C(C)C(=O)O)c(Br)cc1OCc1cc(F)cc2c1OC(C)(C)C2. The molecule has 1 aliphatic heterocycles. The monoisotopic (exact) mass is 452 g/mol. The van der Waals surface area contributed by atoms with Crippen LogP contribution in [0.15, 0.2) is 28.7 Å². The average Bonchev–Trinajstić information content (AvgIpc) is 2.92. The number of aliphatic carboxylic acids is 1. The van der Waals surface area contributed by atoms with Gasteiger partial charge in [-0.25, -0.2) is 4.39 Å². The van der Waals surface area contributed by atoms with E-state index < -0.39 is 11.9 Å². The Bertz CT molecular complexity index is 925. The van der Waals surface area contributed by atoms with Crippen LogP contribution in [0.2, 0.25) is 0 Å². The van der Waals surface area contributed by atoms with Crippen LogP contribution in [0, 0.1) is 5.82 Å². The molecule has 0 fully saturated rings. The molecule has 2 aromatic carbocycles. The Labute approximate surface area is 171 Å². The predicted octanol–water partition coefficient (Wildman–Crippen LogP) is 5.08. The molecule has 5 nitrogen and oxygen atoms in total. The molecule has 0 amide bonds. The molecule has 0 aliphatic carbocycles. The van der Waals surface area contributed by atoms with Crippen molar-refractivity contribution in [2.75, 3.05) is 7.11 Å². The number of carboxylic acids is 1. The van der Waals surface area contributed by atoms with E-state index in [1.54, 1.807) is 19.1 Å². The minimum absolute atomic E-state index is 0.0901. The van der Waals surface area contributed by atoms with Gasteiger partial charge in [-0.15, -0.1) is 0 Å². The maximum atomic E-state index is 14.0. The summed E-state index contributed by atoms with van der Waals surface area (Å²) in [6.07, 6.45) is 0.629. The molecular formula is C21H22BrFO5. The fourth-order valence-corrected chi connectivity index (χ4v) is 3.96. The Hall–Kier alpha value is -2.28. The van der Waals surface area contributed by atoms with Gasteiger partial charge in [0.1, 0.15) is 23.8 Å². The van der Waals surface area contributed by atoms with Crippen LogP contribution in [0.25, 0.3) is 0 Å². The first-order valence-corrected chi connectivity index (χ1v) is 9.64. The quantitative estimate of drug-likeness (QED) is 0.661. The number of hydrogen-bond acceptors (Lipinski definition) is 4. The van der Waals surface area contributed by atoms with Gasteiger partial charge in [0.15, 0.2) is 11.5 Å². The van der Waals surface area contributed by atoms with E-state index >= 15 is 0 Å². The first-order valence-electron chi connectivity index (χ1n) is 8.84. The fourth-order valence-electron chi connectivity index (χ4n) is 3.30. The minimum Gasteiger partial charge on any atom is -0.493 e. The molecule has 0 radical (unpaired) electrons. The van der Waals surface area contributed by atoms with Crippen LogP contribution in [0.3, 0.4) is 0 Å². The summed E-state index contributed by atoms with van der Waals surface area (Å²) in [5.74, 6) is -0.504. The van der Waals surface area contributed by atoms with Crippen LogP contribution in [-0.4, -0.2) is 23.8 Å². The number of carbonyl (C=O) groups is 1. The van der Waals surface area contributed by atoms with Crippen molar-refractivity contribution in [2.45, 2.75) is 45.3 Å². The van der Waals surface area contributed by atoms with Crippen molar-refractivity contribution in [2.24, 2.45) is 0 Å². The van der Waals surface area contributed by atoms with E-state index in [1.165, 1.54) is 19.2 Å². The van der Waals surface area contributed by atoms with Gasteiger partial charge in [0.05, 0.1) is 13.0 Å². The highest BCUT2D eigenvalue weighted by Gasteiger charge is 2.32. The minimum atomic E-state index is -0.938. The summed E-state index contributed by atoms with van der Waals surface area (Å²) >= 11 is 3.40. The zero-order chi connectivity index (χ0) is 20.6. The Kier molecular flexibility index (Phi) is 5.57. The van der Waals surface area contributed by atoms with Crippen molar-refractivity contribution in [1.82, 2.24) is 0 Å². The van der Waals surface area contributed by atoms with Gasteiger partial charge in [-0.2, -0.15) is 0 Å². The lowest BCUT2D eigenvalue weighted by molar-refractivity contribution is -0.138. The van der Waals surface area contributed by atoms with E-state index in [4.69, 9.17) is 14.2 Å². The van der Waals surface area contributed by atoms with Crippen LogP contribution in [0.1, 0.15) is 43.4 Å². The molecule has 1 N–H and O–H groups in total. The van der Waals surface area contributed by atoms with Crippen LogP contribution in [0.4, 0.5) is 4.39 Å². The second-order valence-electron chi connectivity index (χ2n) is 7.46. The van der Waals surface area contributed by atoms with Crippen molar-refractivity contribution < 1.29 is 28.5 Å². The summed E-state index contributed by atoms with van der Waals surface area (Å²) < 4.78 is 31.9. The summed E-state index contributed by atoms with van der Waals surface area (Å²) in [7, 11) is 1.48. The molecule has 1 atom stereocenters. The van der Waals surface area contributed by atoms with Gasteiger partial charge in [0, 0.05) is 22.0 Å². The van der Waals surface area contributed by atoms with E-state index in [0.717, 1.165) is 5.56 Å². The molecule has 1 unspecified atom stereocenters. The molecule has 0 saturated carbocycles. The van der Waals surface area contributed by atoms with E-state index in [-0.39, 0.29) is 18.0 Å². The van der Waals surface area contributed by atoms with Crippen molar-refractivity contribution in [1.29, 1.82) is 0 Å². The third-order valence-corrected chi connectivity index (χ3v) is 5.39. The van der Waals surface area contributed by atoms with Gasteiger partial charge < -0.3 is 19.3 Å². The zero-order valence-electron chi connectivity index (χ0n) is 16.1. The van der Waals surface area contributed by atoms with Gasteiger partial charge in [-0.1, -0.05) is 15.9 Å². The first kappa shape index (κ1) is 20.5. The first-order chi connectivity index (χ1) is 13.1. The molecule has 0 spiro atoms. The summed E-state index contributed by atoms with van der Waals surface area (Å²) in [5, 5.41) is 9.26. The molecular weight excluding hydrogens is 431 g/mol. The topological polar surface area (TPSA) is 65.0 Å². The van der Waals surface area contributed by atoms with E-state index in [0.29, 0.717) is 39.3 Å². The van der Waals surface area contributed by atoms with Gasteiger partial charge in [-0.3, -0.25) is 4.79 Å². The Morgan fingerprint density at radius 2 is 2.04 bits per heavy atom. The molecule has 1 heterocycles. The predicted molar refractivity (Wildman–Crippen MR) is 106 cm³/mol. The van der Waals surface area contributed by atoms with Crippen molar-refractivity contribution in [3.8, 4) is 17.2 Å². The second-order valence-corrected chi connectivity index (χ2v) is 8.32. The molecule has 0 bridgehead atoms. The van der Waals surface area contributed by atoms with E-state index in [2.05, 4.69) is 15.9 Å². The number of benzene rings is 2. The maximum absolute atomic E-state index is 14.0. The normalized spacial score (nSPS) is 15.5. The number of ether oxygens (including phenoxy) is 3. The summed E-state index contributed by atoms with van der Waals surface area (Å²) in [5.41, 5.74) is 1.62. The lowest BCUT2D eigenvalue weighted by atomic mass is 10.0. The van der Waals surface area contributed by atoms with Gasteiger partial charge >= 0.3 is 5.97 Å². The number of carboxylic acid groups (broad SMARTS) is 1. The average molecular weight is 453 g/mol. The van der Waals surface area contributed by atoms with Gasteiger partial charge in [0.25, 0.3) is 0 Å². The van der Waals surface area contributed by atoms with E-state index in [9.17, 15) is 14.3 Å². The molecule has 0 aromatic heterocycles. The summed E-state index contributed by atoms with van der Waals surface area (Å²) in [6, 6.07) is 6.20. The molecule has 2 aromatic rings. The number of hydrogen-bond donors (Lipinski definition) is 1. The third-order valence-electron chi connectivity index (χ3n) is 4.71. The van der Waals surface area contributed by atoms with Crippen molar-refractivity contribution in [3.63, 3.8) is 0 Å². The van der Waals surface area contributed by atoms with Crippen molar-refractivity contribution in [3.05, 3.63) is 51.2 Å². The van der Waals surface area contributed by atoms with Crippen LogP contribution in [0.5, 0.6) is 17.2 Å². The molecule has 0 saturated heterocycles. The Balaban J connectivity index is 1.88. The highest BCUT2D eigenvalue weighted by molar-refractivity contribution is 9.10. The smallest absolute Gasteiger partial charge is 0.310 e. The maximum Gasteiger partial charge on any atom is 0.310 e. The molecule has 1 aliphatic rings. The highest BCUT2D eigenvalue weighted by atomic mass is 79.9. The highest BCUT2D eigenvalue weighted by Crippen LogP contribution is 2.40.